The number of halogens is 2. The van der Waals surface area contributed by atoms with E-state index in [9.17, 15) is 18.0 Å². The van der Waals surface area contributed by atoms with E-state index in [0.717, 1.165) is 11.1 Å². The number of hydrogen-bond donors (Lipinski definition) is 1. The molecule has 0 bridgehead atoms. The zero-order valence-corrected chi connectivity index (χ0v) is 17.6. The molecule has 2 rings (SSSR count). The van der Waals surface area contributed by atoms with Crippen molar-refractivity contribution >= 4 is 50.6 Å². The van der Waals surface area contributed by atoms with Crippen LogP contribution in [0.1, 0.15) is 17.5 Å². The van der Waals surface area contributed by atoms with E-state index in [1.54, 1.807) is 12.1 Å². The number of benzene rings is 2. The summed E-state index contributed by atoms with van der Waals surface area (Å²) in [5.41, 5.74) is 2.69. The number of ether oxygens (including phenoxy) is 1. The molecule has 9 heteroatoms. The molecule has 0 heterocycles. The van der Waals surface area contributed by atoms with Crippen molar-refractivity contribution in [3.05, 3.63) is 57.6 Å². The minimum atomic E-state index is -3.82. The molecule has 0 spiro atoms. The maximum absolute atomic E-state index is 12.3. The first-order valence-corrected chi connectivity index (χ1v) is 10.7. The maximum Gasteiger partial charge on any atom is 0.307 e. The Kier molecular flexibility index (Phi) is 7.46. The van der Waals surface area contributed by atoms with Crippen LogP contribution in [-0.2, 0) is 24.2 Å². The summed E-state index contributed by atoms with van der Waals surface area (Å²) >= 11 is 11.7. The molecule has 2 aromatic rings. The second-order valence-corrected chi connectivity index (χ2v) is 9.07. The van der Waals surface area contributed by atoms with Gasteiger partial charge in [-0.3, -0.25) is 9.59 Å². The van der Waals surface area contributed by atoms with Gasteiger partial charge >= 0.3 is 5.97 Å². The predicted molar refractivity (Wildman–Crippen MR) is 109 cm³/mol. The maximum atomic E-state index is 12.3. The van der Waals surface area contributed by atoms with E-state index < -0.39 is 40.5 Å². The summed E-state index contributed by atoms with van der Waals surface area (Å²) in [4.78, 5) is 23.5. The molecule has 0 radical (unpaired) electrons. The third-order valence-corrected chi connectivity index (χ3v) is 6.38. The minimum absolute atomic E-state index is 0.0190. The Morgan fingerprint density at radius 3 is 2.43 bits per heavy atom. The third-order valence-electron chi connectivity index (χ3n) is 3.96. The molecule has 28 heavy (non-hydrogen) atoms. The molecule has 0 aliphatic rings. The molecule has 2 aromatic carbocycles. The molecular formula is C19H19Cl2NO5S. The Morgan fingerprint density at radius 2 is 1.75 bits per heavy atom. The van der Waals surface area contributed by atoms with Gasteiger partial charge in [-0.25, -0.2) is 8.42 Å². The number of rotatable bonds is 7. The first-order chi connectivity index (χ1) is 13.1. The normalized spacial score (nSPS) is 11.1. The fourth-order valence-corrected chi connectivity index (χ4v) is 4.31. The number of amides is 1. The number of nitrogens with one attached hydrogen (secondary N) is 1. The SMILES string of the molecule is Cc1ccc(NC(=O)COC(=O)CCS(=O)(=O)c2cc(Cl)ccc2Cl)cc1C. The van der Waals surface area contributed by atoms with Gasteiger partial charge in [0.25, 0.3) is 5.91 Å². The predicted octanol–water partition coefficient (Wildman–Crippen LogP) is 3.96. The average molecular weight is 444 g/mol. The van der Waals surface area contributed by atoms with Crippen LogP contribution in [0.3, 0.4) is 0 Å². The van der Waals surface area contributed by atoms with Gasteiger partial charge in [0.1, 0.15) is 0 Å². The zero-order chi connectivity index (χ0) is 20.9. The third kappa shape index (κ3) is 6.22. The van der Waals surface area contributed by atoms with Crippen molar-refractivity contribution < 1.29 is 22.7 Å². The van der Waals surface area contributed by atoms with Crippen molar-refractivity contribution in [1.82, 2.24) is 0 Å². The highest BCUT2D eigenvalue weighted by molar-refractivity contribution is 7.91. The summed E-state index contributed by atoms with van der Waals surface area (Å²) in [7, 11) is -3.82. The van der Waals surface area contributed by atoms with E-state index in [1.807, 2.05) is 19.9 Å². The van der Waals surface area contributed by atoms with Crippen LogP contribution in [0, 0.1) is 13.8 Å². The van der Waals surface area contributed by atoms with Gasteiger partial charge < -0.3 is 10.1 Å². The Bertz CT molecular complexity index is 1010. The molecule has 150 valence electrons. The first kappa shape index (κ1) is 22.2. The lowest BCUT2D eigenvalue weighted by atomic mass is 10.1. The summed E-state index contributed by atoms with van der Waals surface area (Å²) in [6.07, 6.45) is -0.415. The highest BCUT2D eigenvalue weighted by Crippen LogP contribution is 2.26. The van der Waals surface area contributed by atoms with Gasteiger partial charge in [-0.05, 0) is 55.3 Å². The van der Waals surface area contributed by atoms with E-state index in [1.165, 1.54) is 18.2 Å². The van der Waals surface area contributed by atoms with Crippen molar-refractivity contribution in [3.8, 4) is 0 Å². The molecule has 0 aromatic heterocycles. The van der Waals surface area contributed by atoms with Gasteiger partial charge in [0.15, 0.2) is 16.4 Å². The van der Waals surface area contributed by atoms with Gasteiger partial charge in [0, 0.05) is 10.7 Å². The second kappa shape index (κ2) is 9.41. The van der Waals surface area contributed by atoms with E-state index in [4.69, 9.17) is 27.9 Å². The Labute approximate surface area is 173 Å². The highest BCUT2D eigenvalue weighted by Gasteiger charge is 2.21. The quantitative estimate of drug-likeness (QED) is 0.654. The number of carbonyl (C=O) groups excluding carboxylic acids is 2. The van der Waals surface area contributed by atoms with Gasteiger partial charge in [0.2, 0.25) is 0 Å². The van der Waals surface area contributed by atoms with E-state index in [0.29, 0.717) is 5.69 Å². The number of esters is 1. The molecule has 0 saturated heterocycles. The largest absolute Gasteiger partial charge is 0.456 e. The number of hydrogen-bond acceptors (Lipinski definition) is 5. The lowest BCUT2D eigenvalue weighted by molar-refractivity contribution is -0.146. The van der Waals surface area contributed by atoms with Crippen LogP contribution in [-0.4, -0.2) is 32.7 Å². The van der Waals surface area contributed by atoms with Crippen LogP contribution in [0.25, 0.3) is 0 Å². The Morgan fingerprint density at radius 1 is 1.04 bits per heavy atom. The summed E-state index contributed by atoms with van der Waals surface area (Å²) < 4.78 is 29.5. The van der Waals surface area contributed by atoms with Crippen LogP contribution < -0.4 is 5.32 Å². The van der Waals surface area contributed by atoms with Crippen LogP contribution in [0.15, 0.2) is 41.3 Å². The van der Waals surface area contributed by atoms with E-state index in [-0.39, 0.29) is 14.9 Å². The first-order valence-electron chi connectivity index (χ1n) is 8.29. The molecule has 0 aliphatic carbocycles. The summed E-state index contributed by atoms with van der Waals surface area (Å²) in [6.45, 7) is 3.36. The van der Waals surface area contributed by atoms with Crippen molar-refractivity contribution in [3.63, 3.8) is 0 Å². The minimum Gasteiger partial charge on any atom is -0.456 e. The highest BCUT2D eigenvalue weighted by atomic mass is 35.5. The van der Waals surface area contributed by atoms with E-state index in [2.05, 4.69) is 5.32 Å². The van der Waals surface area contributed by atoms with Crippen molar-refractivity contribution in [1.29, 1.82) is 0 Å². The molecule has 0 fully saturated rings. The topological polar surface area (TPSA) is 89.5 Å². The molecule has 1 N–H and O–H groups in total. The zero-order valence-electron chi connectivity index (χ0n) is 15.3. The monoisotopic (exact) mass is 443 g/mol. The van der Waals surface area contributed by atoms with Crippen molar-refractivity contribution in [2.75, 3.05) is 17.7 Å². The molecule has 1 amide bonds. The summed E-state index contributed by atoms with van der Waals surface area (Å²) in [6, 6.07) is 9.46. The smallest absolute Gasteiger partial charge is 0.307 e. The lowest BCUT2D eigenvalue weighted by Gasteiger charge is -2.09. The van der Waals surface area contributed by atoms with Crippen LogP contribution >= 0.6 is 23.2 Å². The molecule has 0 atom stereocenters. The summed E-state index contributed by atoms with van der Waals surface area (Å²) in [5, 5.41) is 2.85. The van der Waals surface area contributed by atoms with Crippen molar-refractivity contribution in [2.45, 2.75) is 25.2 Å². The molecule has 6 nitrogen and oxygen atoms in total. The Balaban J connectivity index is 1.85. The van der Waals surface area contributed by atoms with Crippen LogP contribution in [0.5, 0.6) is 0 Å². The average Bonchev–Trinajstić information content (AvgIpc) is 2.63. The lowest BCUT2D eigenvalue weighted by Crippen LogP contribution is -2.22. The number of carbonyl (C=O) groups is 2. The molecule has 0 aliphatic heterocycles. The molecule has 0 saturated carbocycles. The Hall–Kier alpha value is -2.09. The van der Waals surface area contributed by atoms with Gasteiger partial charge in [-0.1, -0.05) is 29.3 Å². The van der Waals surface area contributed by atoms with Crippen molar-refractivity contribution in [2.24, 2.45) is 0 Å². The van der Waals surface area contributed by atoms with Gasteiger partial charge in [0.05, 0.1) is 22.1 Å². The number of anilines is 1. The van der Waals surface area contributed by atoms with Gasteiger partial charge in [-0.15, -0.1) is 0 Å². The number of aryl methyl sites for hydroxylation is 2. The standard InChI is InChI=1S/C19H19Cl2NO5S/c1-12-3-5-15(9-13(12)2)22-18(23)11-27-19(24)7-8-28(25,26)17-10-14(20)4-6-16(17)21/h3-6,9-10H,7-8,11H2,1-2H3,(H,22,23). The fourth-order valence-electron chi connectivity index (χ4n) is 2.28. The van der Waals surface area contributed by atoms with Gasteiger partial charge in [-0.2, -0.15) is 0 Å². The number of sulfone groups is 1. The van der Waals surface area contributed by atoms with E-state index >= 15 is 0 Å². The van der Waals surface area contributed by atoms with Crippen LogP contribution in [0.4, 0.5) is 5.69 Å². The summed E-state index contributed by atoms with van der Waals surface area (Å²) in [5.74, 6) is -1.83. The fraction of sp³-hybridized carbons (Fsp3) is 0.263. The van der Waals surface area contributed by atoms with Crippen LogP contribution in [0.2, 0.25) is 10.0 Å². The molecule has 0 unspecified atom stereocenters. The molecular weight excluding hydrogens is 425 g/mol. The second-order valence-electron chi connectivity index (χ2n) is 6.15.